The molecule has 0 spiro atoms. The van der Waals surface area contributed by atoms with Gasteiger partial charge in [0.1, 0.15) is 11.5 Å². The van der Waals surface area contributed by atoms with Gasteiger partial charge in [-0.3, -0.25) is 9.52 Å². The number of carbonyl (C=O) groups is 2. The van der Waals surface area contributed by atoms with Crippen molar-refractivity contribution in [3.8, 4) is 5.75 Å². The molecule has 0 aliphatic heterocycles. The molecule has 0 bridgehead atoms. The normalized spacial score (nSPS) is 11.7. The van der Waals surface area contributed by atoms with E-state index in [0.717, 1.165) is 0 Å². The number of ketones is 1. The highest BCUT2D eigenvalue weighted by Crippen LogP contribution is 2.21. The van der Waals surface area contributed by atoms with Gasteiger partial charge in [-0.25, -0.2) is 13.2 Å². The fourth-order valence-electron chi connectivity index (χ4n) is 1.95. The Labute approximate surface area is 149 Å². The number of aliphatic hydroxyl groups is 1. The monoisotopic (exact) mass is 377 g/mol. The number of aliphatic hydroxyl groups excluding tert-OH is 1. The Kier molecular flexibility index (Phi) is 5.63. The Balaban J connectivity index is 2.17. The summed E-state index contributed by atoms with van der Waals surface area (Å²) < 4.78 is 32.0. The molecular formula is C17H15NO7S. The zero-order chi connectivity index (χ0) is 19.3. The average molecular weight is 377 g/mol. The second-order valence-electron chi connectivity index (χ2n) is 5.06. The van der Waals surface area contributed by atoms with Gasteiger partial charge in [-0.1, -0.05) is 0 Å². The van der Waals surface area contributed by atoms with Gasteiger partial charge in [-0.15, -0.1) is 0 Å². The summed E-state index contributed by atoms with van der Waals surface area (Å²) >= 11 is 0. The number of carbonyl (C=O) groups excluding carboxylic acids is 1. The SMILES string of the molecule is COc1ccc(S(=O)(=O)Nc2ccc(/C(O)=C/C(=O)C(=O)O)cc2)cc1. The first-order chi connectivity index (χ1) is 12.2. The molecule has 0 aromatic heterocycles. The van der Waals surface area contributed by atoms with E-state index in [9.17, 15) is 23.1 Å². The molecule has 2 rings (SSSR count). The number of hydrogen-bond acceptors (Lipinski definition) is 6. The maximum absolute atomic E-state index is 12.3. The number of aliphatic carboxylic acids is 1. The molecule has 0 heterocycles. The Morgan fingerprint density at radius 3 is 2.08 bits per heavy atom. The van der Waals surface area contributed by atoms with Crippen LogP contribution in [0.15, 0.2) is 59.5 Å². The predicted octanol–water partition coefficient (Wildman–Crippen LogP) is 2.05. The third kappa shape index (κ3) is 4.61. The van der Waals surface area contributed by atoms with Crippen LogP contribution in [0, 0.1) is 0 Å². The van der Waals surface area contributed by atoms with Crippen LogP contribution in [0.4, 0.5) is 5.69 Å². The number of rotatable bonds is 7. The summed E-state index contributed by atoms with van der Waals surface area (Å²) in [6, 6.07) is 11.2. The lowest BCUT2D eigenvalue weighted by Crippen LogP contribution is -2.12. The number of methoxy groups -OCH3 is 1. The molecular weight excluding hydrogens is 362 g/mol. The molecule has 26 heavy (non-hydrogen) atoms. The van der Waals surface area contributed by atoms with Gasteiger partial charge in [0.25, 0.3) is 15.8 Å². The van der Waals surface area contributed by atoms with E-state index in [1.165, 1.54) is 55.6 Å². The fraction of sp³-hybridized carbons (Fsp3) is 0.0588. The van der Waals surface area contributed by atoms with E-state index < -0.39 is 27.5 Å². The number of carboxylic acid groups (broad SMARTS) is 1. The number of hydrogen-bond donors (Lipinski definition) is 3. The highest BCUT2D eigenvalue weighted by atomic mass is 32.2. The van der Waals surface area contributed by atoms with E-state index in [2.05, 4.69) is 4.72 Å². The molecule has 8 nitrogen and oxygen atoms in total. The van der Waals surface area contributed by atoms with E-state index in [0.29, 0.717) is 11.8 Å². The van der Waals surface area contributed by atoms with Crippen LogP contribution in [-0.4, -0.2) is 37.5 Å². The first kappa shape index (κ1) is 19.0. The average Bonchev–Trinajstić information content (AvgIpc) is 2.61. The molecule has 0 saturated carbocycles. The number of nitrogens with one attached hydrogen (secondary N) is 1. The van der Waals surface area contributed by atoms with Crippen LogP contribution in [-0.2, 0) is 19.6 Å². The third-order valence-electron chi connectivity index (χ3n) is 3.28. The van der Waals surface area contributed by atoms with Gasteiger partial charge in [-0.2, -0.15) is 0 Å². The molecule has 0 saturated heterocycles. The Hall–Kier alpha value is -3.33. The lowest BCUT2D eigenvalue weighted by atomic mass is 10.1. The second kappa shape index (κ2) is 7.70. The summed E-state index contributed by atoms with van der Waals surface area (Å²) in [7, 11) is -2.35. The minimum absolute atomic E-state index is 0.0391. The molecule has 2 aromatic rings. The van der Waals surface area contributed by atoms with Crippen molar-refractivity contribution in [1.29, 1.82) is 0 Å². The zero-order valence-electron chi connectivity index (χ0n) is 13.5. The van der Waals surface area contributed by atoms with Gasteiger partial charge in [-0.05, 0) is 48.5 Å². The Bertz CT molecular complexity index is 946. The van der Waals surface area contributed by atoms with Crippen molar-refractivity contribution < 1.29 is 33.0 Å². The van der Waals surface area contributed by atoms with Crippen molar-refractivity contribution in [2.45, 2.75) is 4.90 Å². The number of ether oxygens (including phenoxy) is 1. The van der Waals surface area contributed by atoms with Gasteiger partial charge in [0.15, 0.2) is 0 Å². The summed E-state index contributed by atoms with van der Waals surface area (Å²) in [5.41, 5.74) is 0.383. The lowest BCUT2D eigenvalue weighted by Gasteiger charge is -2.09. The molecule has 0 radical (unpaired) electrons. The van der Waals surface area contributed by atoms with Crippen LogP contribution >= 0.6 is 0 Å². The van der Waals surface area contributed by atoms with Crippen LogP contribution in [0.25, 0.3) is 5.76 Å². The molecule has 3 N–H and O–H groups in total. The van der Waals surface area contributed by atoms with Crippen LogP contribution in [0.2, 0.25) is 0 Å². The molecule has 136 valence electrons. The van der Waals surface area contributed by atoms with Crippen LogP contribution in [0.3, 0.4) is 0 Å². The fourth-order valence-corrected chi connectivity index (χ4v) is 3.01. The van der Waals surface area contributed by atoms with E-state index in [4.69, 9.17) is 9.84 Å². The van der Waals surface area contributed by atoms with Crippen LogP contribution in [0.5, 0.6) is 5.75 Å². The van der Waals surface area contributed by atoms with Crippen molar-refractivity contribution in [2.24, 2.45) is 0 Å². The first-order valence-electron chi connectivity index (χ1n) is 7.18. The number of benzene rings is 2. The molecule has 0 aliphatic rings. The largest absolute Gasteiger partial charge is 0.507 e. The van der Waals surface area contributed by atoms with Gasteiger partial charge in [0.05, 0.1) is 12.0 Å². The smallest absolute Gasteiger partial charge is 0.376 e. The van der Waals surface area contributed by atoms with Crippen molar-refractivity contribution in [1.82, 2.24) is 0 Å². The van der Waals surface area contributed by atoms with E-state index in [1.54, 1.807) is 0 Å². The number of carboxylic acids is 1. The van der Waals surface area contributed by atoms with Gasteiger partial charge in [0, 0.05) is 17.3 Å². The predicted molar refractivity (Wildman–Crippen MR) is 93.5 cm³/mol. The first-order valence-corrected chi connectivity index (χ1v) is 8.66. The summed E-state index contributed by atoms with van der Waals surface area (Å²) in [5.74, 6) is -2.99. The van der Waals surface area contributed by atoms with Crippen molar-refractivity contribution in [2.75, 3.05) is 11.8 Å². The second-order valence-corrected chi connectivity index (χ2v) is 6.74. The van der Waals surface area contributed by atoms with Crippen LogP contribution in [0.1, 0.15) is 5.56 Å². The highest BCUT2D eigenvalue weighted by Gasteiger charge is 2.15. The zero-order valence-corrected chi connectivity index (χ0v) is 14.4. The van der Waals surface area contributed by atoms with E-state index in [1.807, 2.05) is 0 Å². The quantitative estimate of drug-likeness (QED) is 0.382. The number of sulfonamides is 1. The van der Waals surface area contributed by atoms with E-state index >= 15 is 0 Å². The Morgan fingerprint density at radius 1 is 1.00 bits per heavy atom. The van der Waals surface area contributed by atoms with Gasteiger partial charge < -0.3 is 14.9 Å². The maximum Gasteiger partial charge on any atom is 0.376 e. The molecule has 9 heteroatoms. The summed E-state index contributed by atoms with van der Waals surface area (Å²) in [6.07, 6.45) is 0.568. The van der Waals surface area contributed by atoms with Gasteiger partial charge in [0.2, 0.25) is 0 Å². The van der Waals surface area contributed by atoms with Crippen LogP contribution < -0.4 is 9.46 Å². The van der Waals surface area contributed by atoms with Crippen molar-refractivity contribution >= 4 is 33.2 Å². The minimum atomic E-state index is -3.82. The minimum Gasteiger partial charge on any atom is -0.507 e. The van der Waals surface area contributed by atoms with E-state index in [-0.39, 0.29) is 16.1 Å². The molecule has 0 unspecified atom stereocenters. The lowest BCUT2D eigenvalue weighted by molar-refractivity contribution is -0.146. The molecule has 0 fully saturated rings. The molecule has 0 amide bonds. The molecule has 0 aliphatic carbocycles. The summed E-state index contributed by atoms with van der Waals surface area (Å²) in [4.78, 5) is 21.5. The topological polar surface area (TPSA) is 130 Å². The molecule has 0 atom stereocenters. The molecule has 2 aromatic carbocycles. The highest BCUT2D eigenvalue weighted by molar-refractivity contribution is 7.92. The van der Waals surface area contributed by atoms with Crippen molar-refractivity contribution in [3.63, 3.8) is 0 Å². The third-order valence-corrected chi connectivity index (χ3v) is 4.68. The van der Waals surface area contributed by atoms with Crippen molar-refractivity contribution in [3.05, 3.63) is 60.2 Å². The maximum atomic E-state index is 12.3. The number of anilines is 1. The summed E-state index contributed by atoms with van der Waals surface area (Å²) in [5, 5.41) is 18.2. The summed E-state index contributed by atoms with van der Waals surface area (Å²) in [6.45, 7) is 0. The standard InChI is InChI=1S/C17H15NO7S/c1-25-13-6-8-14(9-7-13)26(23,24)18-12-4-2-11(3-5-12)15(19)10-16(20)17(21)22/h2-10,18-19H,1H3,(H,21,22)/b15-10-. The van der Waals surface area contributed by atoms with Gasteiger partial charge >= 0.3 is 5.97 Å². The Morgan fingerprint density at radius 2 is 1.58 bits per heavy atom.